The molecule has 0 amide bonds. The Labute approximate surface area is 129 Å². The topological polar surface area (TPSA) is 30.3 Å². The molecule has 1 aliphatic rings. The molecular formula is C18H27N3. The van der Waals surface area contributed by atoms with Gasteiger partial charge in [0.25, 0.3) is 0 Å². The van der Waals surface area contributed by atoms with Crippen molar-refractivity contribution in [2.75, 3.05) is 32.7 Å². The number of nitrogens with zero attached hydrogens (tertiary/aromatic N) is 3. The molecule has 1 aromatic rings. The van der Waals surface area contributed by atoms with E-state index in [2.05, 4.69) is 60.9 Å². The monoisotopic (exact) mass is 285 g/mol. The molecule has 21 heavy (non-hydrogen) atoms. The van der Waals surface area contributed by atoms with Gasteiger partial charge in [0.1, 0.15) is 0 Å². The van der Waals surface area contributed by atoms with Gasteiger partial charge < -0.3 is 0 Å². The van der Waals surface area contributed by atoms with E-state index in [4.69, 9.17) is 5.26 Å². The zero-order valence-electron chi connectivity index (χ0n) is 13.6. The van der Waals surface area contributed by atoms with Gasteiger partial charge in [0.2, 0.25) is 0 Å². The van der Waals surface area contributed by atoms with Crippen LogP contribution in [0.2, 0.25) is 0 Å². The molecule has 0 aliphatic carbocycles. The highest BCUT2D eigenvalue weighted by molar-refractivity contribution is 5.27. The summed E-state index contributed by atoms with van der Waals surface area (Å²) in [6.07, 6.45) is 0.647. The average molecular weight is 285 g/mol. The summed E-state index contributed by atoms with van der Waals surface area (Å²) in [6.45, 7) is 13.1. The van der Waals surface area contributed by atoms with Crippen molar-refractivity contribution in [1.82, 2.24) is 9.80 Å². The van der Waals surface area contributed by atoms with Gasteiger partial charge in [-0.3, -0.25) is 9.80 Å². The molecule has 0 saturated carbocycles. The predicted molar refractivity (Wildman–Crippen MR) is 87.1 cm³/mol. The van der Waals surface area contributed by atoms with Gasteiger partial charge in [0.15, 0.2) is 0 Å². The molecule has 1 heterocycles. The predicted octanol–water partition coefficient (Wildman–Crippen LogP) is 3.02. The first kappa shape index (κ1) is 16.0. The van der Waals surface area contributed by atoms with Crippen molar-refractivity contribution in [3.8, 4) is 6.07 Å². The van der Waals surface area contributed by atoms with E-state index in [1.54, 1.807) is 0 Å². The largest absolute Gasteiger partial charge is 0.300 e. The van der Waals surface area contributed by atoms with Crippen molar-refractivity contribution >= 4 is 0 Å². The second-order valence-corrected chi connectivity index (χ2v) is 6.97. The molecule has 1 fully saturated rings. The second-order valence-electron chi connectivity index (χ2n) is 6.97. The highest BCUT2D eigenvalue weighted by Gasteiger charge is 2.17. The highest BCUT2D eigenvalue weighted by atomic mass is 15.3. The third-order valence-corrected chi connectivity index (χ3v) is 4.23. The van der Waals surface area contributed by atoms with E-state index in [1.165, 1.54) is 11.1 Å². The smallest absolute Gasteiger partial charge is 0.0635 e. The van der Waals surface area contributed by atoms with Crippen LogP contribution in [0, 0.1) is 11.3 Å². The van der Waals surface area contributed by atoms with E-state index in [0.29, 0.717) is 6.42 Å². The maximum absolute atomic E-state index is 8.64. The first-order valence-electron chi connectivity index (χ1n) is 7.90. The van der Waals surface area contributed by atoms with Crippen molar-refractivity contribution < 1.29 is 0 Å². The summed E-state index contributed by atoms with van der Waals surface area (Å²) in [4.78, 5) is 4.90. The van der Waals surface area contributed by atoms with Gasteiger partial charge in [-0.2, -0.15) is 5.26 Å². The summed E-state index contributed by atoms with van der Waals surface area (Å²) in [7, 11) is 0. The van der Waals surface area contributed by atoms with Crippen LogP contribution in [0.4, 0.5) is 0 Å². The minimum absolute atomic E-state index is 0.227. The van der Waals surface area contributed by atoms with Crippen LogP contribution in [-0.4, -0.2) is 42.5 Å². The number of benzene rings is 1. The van der Waals surface area contributed by atoms with Gasteiger partial charge in [-0.05, 0) is 16.5 Å². The Kier molecular flexibility index (Phi) is 5.39. The third kappa shape index (κ3) is 4.84. The Hall–Kier alpha value is -1.37. The van der Waals surface area contributed by atoms with E-state index in [1.807, 2.05) is 0 Å². The Bertz CT molecular complexity index is 471. The molecule has 0 bridgehead atoms. The fourth-order valence-corrected chi connectivity index (χ4v) is 2.75. The number of hydrogen-bond donors (Lipinski definition) is 0. The van der Waals surface area contributed by atoms with Crippen LogP contribution < -0.4 is 0 Å². The number of hydrogen-bond acceptors (Lipinski definition) is 3. The molecule has 0 atom stereocenters. The first-order valence-corrected chi connectivity index (χ1v) is 7.90. The molecule has 1 aromatic carbocycles. The molecule has 0 radical (unpaired) electrons. The summed E-state index contributed by atoms with van der Waals surface area (Å²) in [5, 5.41) is 8.64. The van der Waals surface area contributed by atoms with Crippen molar-refractivity contribution in [2.45, 2.75) is 39.2 Å². The van der Waals surface area contributed by atoms with Crippen molar-refractivity contribution in [1.29, 1.82) is 5.26 Å². The van der Waals surface area contributed by atoms with Crippen LogP contribution >= 0.6 is 0 Å². The molecule has 114 valence electrons. The fraction of sp³-hybridized carbons (Fsp3) is 0.611. The van der Waals surface area contributed by atoms with Gasteiger partial charge in [-0.15, -0.1) is 0 Å². The molecule has 0 aromatic heterocycles. The van der Waals surface area contributed by atoms with E-state index in [-0.39, 0.29) is 5.41 Å². The lowest BCUT2D eigenvalue weighted by atomic mass is 9.87. The summed E-state index contributed by atoms with van der Waals surface area (Å²) in [6, 6.07) is 11.3. The average Bonchev–Trinajstić information content (AvgIpc) is 2.46. The molecule has 0 unspecified atom stereocenters. The molecular weight excluding hydrogens is 258 g/mol. The Morgan fingerprint density at radius 3 is 2.10 bits per heavy atom. The van der Waals surface area contributed by atoms with E-state index in [0.717, 1.165) is 39.3 Å². The van der Waals surface area contributed by atoms with E-state index in [9.17, 15) is 0 Å². The number of piperazine rings is 1. The highest BCUT2D eigenvalue weighted by Crippen LogP contribution is 2.22. The molecule has 1 aliphatic heterocycles. The van der Waals surface area contributed by atoms with Gasteiger partial charge in [-0.1, -0.05) is 45.0 Å². The minimum Gasteiger partial charge on any atom is -0.300 e. The summed E-state index contributed by atoms with van der Waals surface area (Å²) in [5.74, 6) is 0. The van der Waals surface area contributed by atoms with Crippen LogP contribution in [0.15, 0.2) is 24.3 Å². The minimum atomic E-state index is 0.227. The van der Waals surface area contributed by atoms with Gasteiger partial charge >= 0.3 is 0 Å². The molecule has 0 N–H and O–H groups in total. The van der Waals surface area contributed by atoms with E-state index >= 15 is 0 Å². The quantitative estimate of drug-likeness (QED) is 0.852. The molecule has 3 heteroatoms. The maximum Gasteiger partial charge on any atom is 0.0635 e. The molecule has 1 saturated heterocycles. The zero-order valence-corrected chi connectivity index (χ0v) is 13.6. The Balaban J connectivity index is 1.82. The van der Waals surface area contributed by atoms with Crippen LogP contribution in [-0.2, 0) is 12.0 Å². The summed E-state index contributed by atoms with van der Waals surface area (Å²) in [5.41, 5.74) is 3.02. The van der Waals surface area contributed by atoms with Crippen molar-refractivity contribution in [3.63, 3.8) is 0 Å². The molecule has 2 rings (SSSR count). The lowest BCUT2D eigenvalue weighted by Gasteiger charge is -2.34. The zero-order chi connectivity index (χ0) is 15.3. The fourth-order valence-electron chi connectivity index (χ4n) is 2.75. The lowest BCUT2D eigenvalue weighted by molar-refractivity contribution is 0.129. The summed E-state index contributed by atoms with van der Waals surface area (Å²) >= 11 is 0. The molecule has 0 spiro atoms. The normalized spacial score (nSPS) is 17.6. The number of rotatable bonds is 4. The SMILES string of the molecule is CC(C)(C)c1ccc(CN2CCN(CCC#N)CC2)cc1. The number of nitriles is 1. The van der Waals surface area contributed by atoms with Crippen molar-refractivity contribution in [2.24, 2.45) is 0 Å². The van der Waals surface area contributed by atoms with Crippen molar-refractivity contribution in [3.05, 3.63) is 35.4 Å². The van der Waals surface area contributed by atoms with Crippen LogP contribution in [0.3, 0.4) is 0 Å². The van der Waals surface area contributed by atoms with Gasteiger partial charge in [0, 0.05) is 45.7 Å². The van der Waals surface area contributed by atoms with Crippen LogP contribution in [0.1, 0.15) is 38.3 Å². The Morgan fingerprint density at radius 1 is 1.00 bits per heavy atom. The van der Waals surface area contributed by atoms with Gasteiger partial charge in [-0.25, -0.2) is 0 Å². The molecule has 3 nitrogen and oxygen atoms in total. The first-order chi connectivity index (χ1) is 9.99. The lowest BCUT2D eigenvalue weighted by Crippen LogP contribution is -2.46. The van der Waals surface area contributed by atoms with E-state index < -0.39 is 0 Å². The standard InChI is InChI=1S/C18H27N3/c1-18(2,3)17-7-5-16(6-8-17)15-21-13-11-20(12-14-21)10-4-9-19/h5-8H,4,10-15H2,1-3H3. The summed E-state index contributed by atoms with van der Waals surface area (Å²) < 4.78 is 0. The van der Waals surface area contributed by atoms with Gasteiger partial charge in [0.05, 0.1) is 6.07 Å². The van der Waals surface area contributed by atoms with Crippen LogP contribution in [0.25, 0.3) is 0 Å². The maximum atomic E-state index is 8.64. The third-order valence-electron chi connectivity index (χ3n) is 4.23. The van der Waals surface area contributed by atoms with Crippen LogP contribution in [0.5, 0.6) is 0 Å². The second kappa shape index (κ2) is 7.06. The Morgan fingerprint density at radius 2 is 1.57 bits per heavy atom.